The van der Waals surface area contributed by atoms with Crippen molar-refractivity contribution in [1.82, 2.24) is 13.9 Å². The highest BCUT2D eigenvalue weighted by Gasteiger charge is 2.38. The molecule has 4 aromatic carbocycles. The average Bonchev–Trinajstić information content (AvgIpc) is 3.56. The molecule has 0 unspecified atom stereocenters. The zero-order valence-corrected chi connectivity index (χ0v) is 33.6. The number of carbonyl (C=O) groups is 3. The molecule has 2 fully saturated rings. The van der Waals surface area contributed by atoms with Crippen LogP contribution in [0, 0.1) is 5.92 Å². The third-order valence-corrected chi connectivity index (χ3v) is 13.7. The molecule has 16 heteroatoms. The Hall–Kier alpha value is -6.20. The lowest BCUT2D eigenvalue weighted by Crippen LogP contribution is -2.42. The molecule has 2 amide bonds. The summed E-state index contributed by atoms with van der Waals surface area (Å²) in [7, 11) is -4.78. The van der Waals surface area contributed by atoms with Crippen LogP contribution in [-0.2, 0) is 39.4 Å². The molecule has 4 aliphatic rings. The van der Waals surface area contributed by atoms with Crippen LogP contribution in [0.5, 0.6) is 0 Å². The van der Waals surface area contributed by atoms with Gasteiger partial charge in [0.25, 0.3) is 21.9 Å². The van der Waals surface area contributed by atoms with Crippen LogP contribution < -0.4 is 14.8 Å². The molecule has 8 rings (SSSR count). The zero-order chi connectivity index (χ0) is 41.6. The van der Waals surface area contributed by atoms with Gasteiger partial charge in [-0.2, -0.15) is 17.3 Å². The van der Waals surface area contributed by atoms with Gasteiger partial charge in [0.15, 0.2) is 0 Å². The van der Waals surface area contributed by atoms with Crippen molar-refractivity contribution in [1.29, 1.82) is 0 Å². The predicted octanol–water partition coefficient (Wildman–Crippen LogP) is 5.96. The minimum absolute atomic E-state index is 0.0139. The van der Waals surface area contributed by atoms with Gasteiger partial charge in [-0.1, -0.05) is 36.4 Å². The lowest BCUT2D eigenvalue weighted by Gasteiger charge is -2.31. The van der Waals surface area contributed by atoms with Crippen LogP contribution in [0.2, 0.25) is 0 Å². The molecular formula is C43H39N4O10S2+. The van der Waals surface area contributed by atoms with Gasteiger partial charge in [-0.3, -0.25) is 14.1 Å². The Morgan fingerprint density at radius 2 is 1.46 bits per heavy atom. The van der Waals surface area contributed by atoms with Crippen molar-refractivity contribution < 1.29 is 45.0 Å². The Kier molecular flexibility index (Phi) is 10.4. The van der Waals surface area contributed by atoms with Crippen LogP contribution in [0.25, 0.3) is 33.4 Å². The van der Waals surface area contributed by atoms with Gasteiger partial charge in [-0.25, -0.2) is 13.2 Å². The minimum atomic E-state index is -4.38. The van der Waals surface area contributed by atoms with Gasteiger partial charge in [0.1, 0.15) is 18.4 Å². The fraction of sp³-hybridized carbons (Fsp3) is 0.209. The number of para-hydroxylation sites is 1. The fourth-order valence-corrected chi connectivity index (χ4v) is 9.71. The third-order valence-electron chi connectivity index (χ3n) is 10.9. The van der Waals surface area contributed by atoms with E-state index in [2.05, 4.69) is 0 Å². The second-order valence-corrected chi connectivity index (χ2v) is 17.8. The van der Waals surface area contributed by atoms with E-state index in [1.165, 1.54) is 16.4 Å². The molecule has 0 saturated carbocycles. The van der Waals surface area contributed by atoms with Crippen LogP contribution >= 0.6 is 0 Å². The molecule has 3 aliphatic heterocycles. The molecule has 14 nitrogen and oxygen atoms in total. The number of anilines is 2. The number of hydroxylamine groups is 2. The van der Waals surface area contributed by atoms with Gasteiger partial charge >= 0.3 is 5.97 Å². The highest BCUT2D eigenvalue weighted by molar-refractivity contribution is 7.89. The first-order chi connectivity index (χ1) is 28.2. The molecule has 0 atom stereocenters. The Bertz CT molecular complexity index is 2890. The van der Waals surface area contributed by atoms with Crippen LogP contribution in [0.1, 0.15) is 25.7 Å². The zero-order valence-electron chi connectivity index (χ0n) is 32.0. The lowest BCUT2D eigenvalue weighted by molar-refractivity contribution is -0.201. The number of amides is 2. The molecule has 3 heterocycles. The van der Waals surface area contributed by atoms with E-state index in [-0.39, 0.29) is 48.6 Å². The Labute approximate surface area is 340 Å². The van der Waals surface area contributed by atoms with Gasteiger partial charge in [0.2, 0.25) is 21.1 Å². The molecule has 0 aromatic heterocycles. The number of nitrogens with zero attached hydrogens (tertiary/aromatic N) is 4. The van der Waals surface area contributed by atoms with Gasteiger partial charge in [-0.05, 0) is 61.4 Å². The summed E-state index contributed by atoms with van der Waals surface area (Å²) in [6.07, 6.45) is 0.226. The van der Waals surface area contributed by atoms with Crippen LogP contribution in [0.4, 0.5) is 17.1 Å². The molecule has 59 heavy (non-hydrogen) atoms. The number of fused-ring (bicyclic) bond motifs is 2. The number of imide groups is 1. The molecule has 0 bridgehead atoms. The van der Waals surface area contributed by atoms with E-state index < -0.39 is 43.8 Å². The van der Waals surface area contributed by atoms with Crippen molar-refractivity contribution in [3.63, 3.8) is 0 Å². The summed E-state index contributed by atoms with van der Waals surface area (Å²) in [4.78, 5) is 43.9. The Morgan fingerprint density at radius 1 is 0.797 bits per heavy atom. The minimum Gasteiger partial charge on any atom is -0.456 e. The van der Waals surface area contributed by atoms with E-state index in [1.54, 1.807) is 43.4 Å². The van der Waals surface area contributed by atoms with Crippen LogP contribution in [0.3, 0.4) is 0 Å². The van der Waals surface area contributed by atoms with Gasteiger partial charge in [0.05, 0.1) is 21.8 Å². The smallest absolute Gasteiger partial charge is 0.336 e. The second-order valence-electron chi connectivity index (χ2n) is 14.4. The summed E-state index contributed by atoms with van der Waals surface area (Å²) in [5.41, 5.74) is 4.60. The van der Waals surface area contributed by atoms with Crippen molar-refractivity contribution in [3.05, 3.63) is 121 Å². The highest BCUT2D eigenvalue weighted by Crippen LogP contribution is 2.44. The van der Waals surface area contributed by atoms with E-state index >= 15 is 0 Å². The largest absolute Gasteiger partial charge is 0.456 e. The van der Waals surface area contributed by atoms with E-state index in [1.807, 2.05) is 83.3 Å². The molecule has 2 saturated heterocycles. The van der Waals surface area contributed by atoms with Gasteiger partial charge in [0, 0.05) is 90.7 Å². The number of sulfonamides is 1. The SMILES string of the molecule is CN(c1ccccc1)c1ccc2c(-c3ccccc3S(=O)(=O)N3CCC(C(=O)ON4C(=O)CCC4=O)CC3)c3ccc(=[N+](C)c4ccc(S(=O)(=O)O)cc4)cc-3oc2c1. The summed E-state index contributed by atoms with van der Waals surface area (Å²) in [5, 5.41) is 1.86. The van der Waals surface area contributed by atoms with Crippen molar-refractivity contribution >= 4 is 66.0 Å². The van der Waals surface area contributed by atoms with Crippen molar-refractivity contribution in [2.45, 2.75) is 35.5 Å². The van der Waals surface area contributed by atoms with E-state index in [0.717, 1.165) is 11.4 Å². The quantitative estimate of drug-likeness (QED) is 0.0788. The van der Waals surface area contributed by atoms with E-state index in [9.17, 15) is 35.8 Å². The van der Waals surface area contributed by atoms with Gasteiger partial charge < -0.3 is 14.2 Å². The molecule has 1 N–H and O–H groups in total. The molecular weight excluding hydrogens is 797 g/mol. The second kappa shape index (κ2) is 15.5. The Balaban J connectivity index is 1.21. The molecule has 0 spiro atoms. The normalized spacial score (nSPS) is 16.2. The molecule has 0 radical (unpaired) electrons. The first-order valence-electron chi connectivity index (χ1n) is 18.8. The highest BCUT2D eigenvalue weighted by atomic mass is 32.2. The first kappa shape index (κ1) is 39.6. The summed E-state index contributed by atoms with van der Waals surface area (Å²) in [6, 6.07) is 33.6. The Morgan fingerprint density at radius 3 is 2.14 bits per heavy atom. The monoisotopic (exact) mass is 835 g/mol. The number of benzene rings is 5. The van der Waals surface area contributed by atoms with Gasteiger partial charge in [-0.15, -0.1) is 5.06 Å². The van der Waals surface area contributed by atoms with Crippen LogP contribution in [-0.4, -0.2) is 75.7 Å². The predicted molar refractivity (Wildman–Crippen MR) is 219 cm³/mol. The fourth-order valence-electron chi connectivity index (χ4n) is 7.56. The number of piperidine rings is 1. The summed E-state index contributed by atoms with van der Waals surface area (Å²) < 4.78 is 71.8. The number of hydrogen-bond donors (Lipinski definition) is 1. The number of carbonyl (C=O) groups excluding carboxylic acids is 3. The van der Waals surface area contributed by atoms with Crippen LogP contribution in [0.15, 0.2) is 129 Å². The maximum atomic E-state index is 14.6. The molecule has 4 aromatic rings. The van der Waals surface area contributed by atoms with E-state index in [4.69, 9.17) is 9.25 Å². The number of hydrogen-bond acceptors (Lipinski definition) is 10. The summed E-state index contributed by atoms with van der Waals surface area (Å²) in [5.74, 6) is -2.14. The van der Waals surface area contributed by atoms with E-state index in [0.29, 0.717) is 49.5 Å². The standard InChI is InChI=1S/C43H38N4O10S2/c1-44(29-8-4-3-5-9-29)31-14-18-34-37(26-31)56-38-27-32(45(2)30-12-16-33(17-13-30)59(53,54)55)15-19-35(38)42(34)36-10-6-7-11-39(36)58(51,52)46-24-22-28(23-25-46)43(50)57-47-40(48)20-21-41(47)49/h3-19,26-28H,20-25H2,1-2H3/p+1. The third kappa shape index (κ3) is 7.62. The molecule has 1 aliphatic carbocycles. The average molecular weight is 836 g/mol. The molecule has 302 valence electrons. The number of rotatable bonds is 9. The summed E-state index contributed by atoms with van der Waals surface area (Å²) in [6.45, 7) is 0.0278. The summed E-state index contributed by atoms with van der Waals surface area (Å²) >= 11 is 0. The van der Waals surface area contributed by atoms with Crippen molar-refractivity contribution in [2.75, 3.05) is 32.1 Å². The van der Waals surface area contributed by atoms with Crippen molar-refractivity contribution in [2.24, 2.45) is 5.92 Å². The maximum absolute atomic E-state index is 14.6. The first-order valence-corrected chi connectivity index (χ1v) is 21.7. The maximum Gasteiger partial charge on any atom is 0.336 e. The van der Waals surface area contributed by atoms with Crippen molar-refractivity contribution in [3.8, 4) is 22.5 Å². The topological polar surface area (TPSA) is 175 Å². The lowest BCUT2D eigenvalue weighted by atomic mass is 9.93.